The summed E-state index contributed by atoms with van der Waals surface area (Å²) in [6, 6.07) is 4.57. The van der Waals surface area contributed by atoms with Crippen molar-refractivity contribution in [3.63, 3.8) is 0 Å². The fourth-order valence-electron chi connectivity index (χ4n) is 0.928. The van der Waals surface area contributed by atoms with E-state index >= 15 is 0 Å². The van der Waals surface area contributed by atoms with Crippen LogP contribution in [0.3, 0.4) is 0 Å². The lowest BCUT2D eigenvalue weighted by molar-refractivity contribution is 0.337. The van der Waals surface area contributed by atoms with Crippen molar-refractivity contribution in [2.45, 2.75) is 6.92 Å². The van der Waals surface area contributed by atoms with E-state index in [1.807, 2.05) is 0 Å². The van der Waals surface area contributed by atoms with E-state index in [0.29, 0.717) is 11.1 Å². The van der Waals surface area contributed by atoms with Crippen LogP contribution in [0.25, 0.3) is 0 Å². The summed E-state index contributed by atoms with van der Waals surface area (Å²) in [4.78, 5) is 0. The second-order valence-electron chi connectivity index (χ2n) is 2.31. The molecule has 4 heteroatoms. The molecule has 0 aliphatic carbocycles. The minimum absolute atomic E-state index is 0.0509. The number of nitriles is 1. The maximum atomic E-state index is 13.1. The van der Waals surface area contributed by atoms with Gasteiger partial charge in [0.15, 0.2) is 0 Å². The summed E-state index contributed by atoms with van der Waals surface area (Å²) in [5.41, 5.74) is -0.0509. The molecular formula is C9H7BrFNO. The average Bonchev–Trinajstić information content (AvgIpc) is 2.04. The van der Waals surface area contributed by atoms with Gasteiger partial charge in [-0.25, -0.2) is 4.39 Å². The van der Waals surface area contributed by atoms with Gasteiger partial charge < -0.3 is 4.74 Å². The highest BCUT2D eigenvalue weighted by Gasteiger charge is 2.10. The number of nitrogens with zero attached hydrogens (tertiary/aromatic N) is 1. The lowest BCUT2D eigenvalue weighted by Gasteiger charge is -2.05. The van der Waals surface area contributed by atoms with Crippen LogP contribution >= 0.6 is 15.9 Å². The van der Waals surface area contributed by atoms with E-state index in [2.05, 4.69) is 15.9 Å². The Labute approximate surface area is 84.1 Å². The van der Waals surface area contributed by atoms with Gasteiger partial charge in [0, 0.05) is 4.47 Å². The van der Waals surface area contributed by atoms with Crippen molar-refractivity contribution in [3.05, 3.63) is 28.0 Å². The lowest BCUT2D eigenvalue weighted by Crippen LogP contribution is -1.96. The molecule has 2 nitrogen and oxygen atoms in total. The van der Waals surface area contributed by atoms with Crippen LogP contribution in [0, 0.1) is 17.1 Å². The van der Waals surface area contributed by atoms with Gasteiger partial charge in [-0.3, -0.25) is 0 Å². The second-order valence-corrected chi connectivity index (χ2v) is 3.22. The first-order valence-corrected chi connectivity index (χ1v) is 4.50. The number of benzene rings is 1. The Hall–Kier alpha value is -1.08. The molecule has 0 unspecified atom stereocenters. The van der Waals surface area contributed by atoms with Gasteiger partial charge in [0.1, 0.15) is 23.2 Å². The first-order valence-electron chi connectivity index (χ1n) is 3.71. The Kier molecular flexibility index (Phi) is 3.26. The molecule has 0 aromatic heterocycles. The molecule has 13 heavy (non-hydrogen) atoms. The molecule has 0 heterocycles. The quantitative estimate of drug-likeness (QED) is 0.801. The molecule has 0 amide bonds. The highest BCUT2D eigenvalue weighted by atomic mass is 79.9. The van der Waals surface area contributed by atoms with Crippen molar-refractivity contribution >= 4 is 15.9 Å². The number of halogens is 2. The maximum absolute atomic E-state index is 13.1. The van der Waals surface area contributed by atoms with Crippen LogP contribution in [-0.4, -0.2) is 6.61 Å². The number of rotatable bonds is 2. The Bertz CT molecular complexity index is 359. The molecule has 0 fully saturated rings. The van der Waals surface area contributed by atoms with Gasteiger partial charge in [-0.05, 0) is 19.1 Å². The largest absolute Gasteiger partial charge is 0.492 e. The third-order valence-corrected chi connectivity index (χ3v) is 1.89. The van der Waals surface area contributed by atoms with Crippen molar-refractivity contribution in [2.24, 2.45) is 0 Å². The normalized spacial score (nSPS) is 9.38. The maximum Gasteiger partial charge on any atom is 0.145 e. The second kappa shape index (κ2) is 4.24. The van der Waals surface area contributed by atoms with Crippen LogP contribution in [0.2, 0.25) is 0 Å². The van der Waals surface area contributed by atoms with Gasteiger partial charge in [-0.15, -0.1) is 0 Å². The molecule has 68 valence electrons. The standard InChI is InChI=1S/C9H7BrFNO/c1-2-13-9-4-6(10)3-8(11)7(9)5-12/h3-4H,2H2,1H3. The zero-order valence-corrected chi connectivity index (χ0v) is 8.56. The minimum Gasteiger partial charge on any atom is -0.492 e. The van der Waals surface area contributed by atoms with Crippen molar-refractivity contribution in [3.8, 4) is 11.8 Å². The van der Waals surface area contributed by atoms with Crippen molar-refractivity contribution < 1.29 is 9.13 Å². The summed E-state index contributed by atoms with van der Waals surface area (Å²) in [6.07, 6.45) is 0. The van der Waals surface area contributed by atoms with E-state index in [0.717, 1.165) is 0 Å². The zero-order valence-electron chi connectivity index (χ0n) is 6.97. The van der Waals surface area contributed by atoms with Crippen LogP contribution in [0.4, 0.5) is 4.39 Å². The first kappa shape index (κ1) is 10.0. The molecule has 1 aromatic carbocycles. The molecule has 0 radical (unpaired) electrons. The van der Waals surface area contributed by atoms with Gasteiger partial charge in [-0.1, -0.05) is 15.9 Å². The SMILES string of the molecule is CCOc1cc(Br)cc(F)c1C#N. The van der Waals surface area contributed by atoms with Crippen molar-refractivity contribution in [1.82, 2.24) is 0 Å². The number of hydrogen-bond donors (Lipinski definition) is 0. The number of hydrogen-bond acceptors (Lipinski definition) is 2. The summed E-state index contributed by atoms with van der Waals surface area (Å²) in [7, 11) is 0. The van der Waals surface area contributed by atoms with Gasteiger partial charge in [0.2, 0.25) is 0 Å². The van der Waals surface area contributed by atoms with E-state index in [9.17, 15) is 4.39 Å². The van der Waals surface area contributed by atoms with Gasteiger partial charge >= 0.3 is 0 Å². The number of ether oxygens (including phenoxy) is 1. The Morgan fingerprint density at radius 3 is 2.85 bits per heavy atom. The van der Waals surface area contributed by atoms with E-state index in [1.54, 1.807) is 19.1 Å². The smallest absolute Gasteiger partial charge is 0.145 e. The lowest BCUT2D eigenvalue weighted by atomic mass is 10.2. The van der Waals surface area contributed by atoms with Crippen LogP contribution in [0.15, 0.2) is 16.6 Å². The third kappa shape index (κ3) is 2.19. The van der Waals surface area contributed by atoms with Gasteiger partial charge in [-0.2, -0.15) is 5.26 Å². The van der Waals surface area contributed by atoms with Gasteiger partial charge in [0.05, 0.1) is 6.61 Å². The zero-order chi connectivity index (χ0) is 9.84. The van der Waals surface area contributed by atoms with Crippen LogP contribution in [-0.2, 0) is 0 Å². The highest BCUT2D eigenvalue weighted by Crippen LogP contribution is 2.26. The van der Waals surface area contributed by atoms with Crippen LogP contribution < -0.4 is 4.74 Å². The molecule has 0 saturated heterocycles. The summed E-state index contributed by atoms with van der Waals surface area (Å²) in [5, 5.41) is 8.63. The van der Waals surface area contributed by atoms with Crippen LogP contribution in [0.5, 0.6) is 5.75 Å². The van der Waals surface area contributed by atoms with E-state index in [-0.39, 0.29) is 11.3 Å². The average molecular weight is 244 g/mol. The molecule has 0 spiro atoms. The highest BCUT2D eigenvalue weighted by molar-refractivity contribution is 9.10. The molecule has 0 saturated carbocycles. The monoisotopic (exact) mass is 243 g/mol. The summed E-state index contributed by atoms with van der Waals surface area (Å²) in [6.45, 7) is 2.19. The fourth-order valence-corrected chi connectivity index (χ4v) is 1.34. The summed E-state index contributed by atoms with van der Waals surface area (Å²) < 4.78 is 18.8. The van der Waals surface area contributed by atoms with Crippen LogP contribution in [0.1, 0.15) is 12.5 Å². The van der Waals surface area contributed by atoms with Crippen molar-refractivity contribution in [2.75, 3.05) is 6.61 Å². The first-order chi connectivity index (χ1) is 6.19. The molecule has 1 rings (SSSR count). The molecule has 0 aliphatic rings. The molecule has 0 atom stereocenters. The predicted octanol–water partition coefficient (Wildman–Crippen LogP) is 2.86. The van der Waals surface area contributed by atoms with E-state index in [1.165, 1.54) is 6.07 Å². The Morgan fingerprint density at radius 2 is 2.31 bits per heavy atom. The molecule has 0 aliphatic heterocycles. The van der Waals surface area contributed by atoms with Gasteiger partial charge in [0.25, 0.3) is 0 Å². The van der Waals surface area contributed by atoms with E-state index in [4.69, 9.17) is 10.00 Å². The Balaban J connectivity index is 3.23. The van der Waals surface area contributed by atoms with Crippen molar-refractivity contribution in [1.29, 1.82) is 5.26 Å². The summed E-state index contributed by atoms with van der Waals surface area (Å²) >= 11 is 3.12. The predicted molar refractivity (Wildman–Crippen MR) is 50.0 cm³/mol. The molecule has 1 aromatic rings. The Morgan fingerprint density at radius 1 is 1.62 bits per heavy atom. The topological polar surface area (TPSA) is 33.0 Å². The van der Waals surface area contributed by atoms with E-state index < -0.39 is 5.82 Å². The molecule has 0 bridgehead atoms. The summed E-state index contributed by atoms with van der Waals surface area (Å²) in [5.74, 6) is -0.294. The minimum atomic E-state index is -0.569. The molecule has 0 N–H and O–H groups in total. The third-order valence-electron chi connectivity index (χ3n) is 1.43. The fraction of sp³-hybridized carbons (Fsp3) is 0.222. The molecular weight excluding hydrogens is 237 g/mol.